The van der Waals surface area contributed by atoms with Crippen LogP contribution < -0.4 is 5.32 Å². The summed E-state index contributed by atoms with van der Waals surface area (Å²) in [4.78, 5) is 23.3. The number of carboxylic acid groups (broad SMARTS) is 1. The molecule has 22 heavy (non-hydrogen) atoms. The summed E-state index contributed by atoms with van der Waals surface area (Å²) in [5.74, 6) is -1.94. The molecular weight excluding hydrogens is 350 g/mol. The molecule has 116 valence electrons. The fraction of sp³-hybridized carbons (Fsp3) is 0.250. The number of amides is 1. The molecule has 1 amide bonds. The first-order chi connectivity index (χ1) is 10.5. The maximum Gasteiger partial charge on any atom is 0.308 e. The Morgan fingerprint density at radius 2 is 2.14 bits per heavy atom. The third-order valence-electron chi connectivity index (χ3n) is 3.25. The van der Waals surface area contributed by atoms with Crippen molar-refractivity contribution in [1.82, 2.24) is 5.32 Å². The Balaban J connectivity index is 1.99. The van der Waals surface area contributed by atoms with Gasteiger partial charge in [-0.1, -0.05) is 29.8 Å². The van der Waals surface area contributed by atoms with Crippen LogP contribution in [0.15, 0.2) is 45.5 Å². The third kappa shape index (κ3) is 4.21. The summed E-state index contributed by atoms with van der Waals surface area (Å²) in [5.41, 5.74) is 2.01. The Hall–Kier alpha value is -2.08. The van der Waals surface area contributed by atoms with Crippen LogP contribution in [-0.4, -0.2) is 23.5 Å². The zero-order valence-electron chi connectivity index (χ0n) is 12.0. The molecular formula is C16H16BrNO4. The number of carboxylic acids is 1. The van der Waals surface area contributed by atoms with E-state index in [-0.39, 0.29) is 12.3 Å². The highest BCUT2D eigenvalue weighted by molar-refractivity contribution is 9.10. The number of halogens is 1. The fourth-order valence-electron chi connectivity index (χ4n) is 2.12. The Morgan fingerprint density at radius 1 is 1.36 bits per heavy atom. The molecule has 0 saturated heterocycles. The molecule has 0 aliphatic carbocycles. The molecule has 0 saturated carbocycles. The summed E-state index contributed by atoms with van der Waals surface area (Å²) in [6.45, 7) is 1.99. The second kappa shape index (κ2) is 7.26. The van der Waals surface area contributed by atoms with E-state index in [0.717, 1.165) is 11.1 Å². The van der Waals surface area contributed by atoms with Gasteiger partial charge in [0.05, 0.1) is 16.7 Å². The molecule has 1 unspecified atom stereocenters. The molecule has 2 N–H and O–H groups in total. The van der Waals surface area contributed by atoms with Crippen molar-refractivity contribution >= 4 is 27.8 Å². The van der Waals surface area contributed by atoms with Crippen molar-refractivity contribution in [2.75, 3.05) is 6.54 Å². The first kappa shape index (κ1) is 16.3. The molecule has 5 nitrogen and oxygen atoms in total. The van der Waals surface area contributed by atoms with Crippen LogP contribution in [0.5, 0.6) is 0 Å². The van der Waals surface area contributed by atoms with E-state index < -0.39 is 17.8 Å². The normalized spacial score (nSPS) is 11.9. The van der Waals surface area contributed by atoms with Gasteiger partial charge in [0.25, 0.3) is 5.91 Å². The molecule has 1 aromatic heterocycles. The second-order valence-electron chi connectivity index (χ2n) is 5.04. The summed E-state index contributed by atoms with van der Waals surface area (Å²) in [6, 6.07) is 9.28. The Labute approximate surface area is 136 Å². The van der Waals surface area contributed by atoms with E-state index in [2.05, 4.69) is 21.2 Å². The van der Waals surface area contributed by atoms with E-state index in [9.17, 15) is 14.7 Å². The minimum atomic E-state index is -0.944. The molecule has 1 atom stereocenters. The number of nitrogens with one attached hydrogen (secondary N) is 1. The maximum atomic E-state index is 11.9. The van der Waals surface area contributed by atoms with Crippen LogP contribution in [-0.2, 0) is 11.2 Å². The Kier molecular flexibility index (Phi) is 5.38. The SMILES string of the molecule is Cc1cccc(CC(CNC(=O)c2occc2Br)C(=O)O)c1. The zero-order chi connectivity index (χ0) is 16.1. The van der Waals surface area contributed by atoms with Gasteiger partial charge in [-0.3, -0.25) is 9.59 Å². The van der Waals surface area contributed by atoms with Crippen molar-refractivity contribution in [3.05, 3.63) is 58.0 Å². The number of carbonyl (C=O) groups is 2. The summed E-state index contributed by atoms with van der Waals surface area (Å²) in [6.07, 6.45) is 1.75. The number of hydrogen-bond donors (Lipinski definition) is 2. The lowest BCUT2D eigenvalue weighted by Gasteiger charge is -2.13. The van der Waals surface area contributed by atoms with E-state index in [0.29, 0.717) is 10.9 Å². The smallest absolute Gasteiger partial charge is 0.308 e. The number of benzene rings is 1. The van der Waals surface area contributed by atoms with Crippen LogP contribution in [0.4, 0.5) is 0 Å². The van der Waals surface area contributed by atoms with Crippen molar-refractivity contribution in [3.63, 3.8) is 0 Å². The maximum absolute atomic E-state index is 11.9. The quantitative estimate of drug-likeness (QED) is 0.824. The molecule has 1 heterocycles. The lowest BCUT2D eigenvalue weighted by molar-refractivity contribution is -0.141. The summed E-state index contributed by atoms with van der Waals surface area (Å²) >= 11 is 3.19. The molecule has 0 spiro atoms. The molecule has 0 aliphatic heterocycles. The fourth-order valence-corrected chi connectivity index (χ4v) is 2.50. The topological polar surface area (TPSA) is 79.5 Å². The number of rotatable bonds is 6. The van der Waals surface area contributed by atoms with Crippen LogP contribution in [0.1, 0.15) is 21.7 Å². The van der Waals surface area contributed by atoms with Gasteiger partial charge in [-0.15, -0.1) is 0 Å². The van der Waals surface area contributed by atoms with Gasteiger partial charge >= 0.3 is 5.97 Å². The lowest BCUT2D eigenvalue weighted by atomic mass is 9.98. The lowest BCUT2D eigenvalue weighted by Crippen LogP contribution is -2.34. The minimum absolute atomic E-state index is 0.0370. The number of furan rings is 1. The predicted molar refractivity (Wildman–Crippen MR) is 84.8 cm³/mol. The number of aryl methyl sites for hydroxylation is 1. The third-order valence-corrected chi connectivity index (χ3v) is 3.87. The highest BCUT2D eigenvalue weighted by atomic mass is 79.9. The Morgan fingerprint density at radius 3 is 2.73 bits per heavy atom. The molecule has 6 heteroatoms. The van der Waals surface area contributed by atoms with Gasteiger partial charge in [-0.25, -0.2) is 0 Å². The second-order valence-corrected chi connectivity index (χ2v) is 5.89. The van der Waals surface area contributed by atoms with Gasteiger partial charge in [-0.05, 0) is 40.9 Å². The number of hydrogen-bond acceptors (Lipinski definition) is 3. The van der Waals surface area contributed by atoms with Gasteiger partial charge in [0.15, 0.2) is 0 Å². The van der Waals surface area contributed by atoms with E-state index in [1.807, 2.05) is 31.2 Å². The molecule has 2 rings (SSSR count). The average Bonchev–Trinajstić information content (AvgIpc) is 2.89. The molecule has 0 aliphatic rings. The van der Waals surface area contributed by atoms with Crippen LogP contribution in [0.25, 0.3) is 0 Å². The van der Waals surface area contributed by atoms with Crippen molar-refractivity contribution in [1.29, 1.82) is 0 Å². The van der Waals surface area contributed by atoms with Gasteiger partial charge in [0.2, 0.25) is 5.76 Å². The standard InChI is InChI=1S/C16H16BrNO4/c1-10-3-2-4-11(7-10)8-12(16(20)21)9-18-15(19)14-13(17)5-6-22-14/h2-7,12H,8-9H2,1H3,(H,18,19)(H,20,21). The molecule has 0 bridgehead atoms. The number of carbonyl (C=O) groups excluding carboxylic acids is 1. The van der Waals surface area contributed by atoms with Crippen molar-refractivity contribution in [2.45, 2.75) is 13.3 Å². The summed E-state index contributed by atoms with van der Waals surface area (Å²) < 4.78 is 5.58. The van der Waals surface area contributed by atoms with Crippen LogP contribution >= 0.6 is 15.9 Å². The monoisotopic (exact) mass is 365 g/mol. The van der Waals surface area contributed by atoms with Crippen LogP contribution in [0.3, 0.4) is 0 Å². The molecule has 0 fully saturated rings. The summed E-state index contributed by atoms with van der Waals surface area (Å²) in [7, 11) is 0. The number of aliphatic carboxylic acids is 1. The van der Waals surface area contributed by atoms with Crippen molar-refractivity contribution in [2.24, 2.45) is 5.92 Å². The summed E-state index contributed by atoms with van der Waals surface area (Å²) in [5, 5.41) is 11.9. The van der Waals surface area contributed by atoms with Crippen molar-refractivity contribution < 1.29 is 19.1 Å². The van der Waals surface area contributed by atoms with E-state index in [4.69, 9.17) is 4.42 Å². The predicted octanol–water partition coefficient (Wildman–Crippen LogP) is 3.02. The van der Waals surface area contributed by atoms with Crippen molar-refractivity contribution in [3.8, 4) is 0 Å². The van der Waals surface area contributed by atoms with Crippen LogP contribution in [0.2, 0.25) is 0 Å². The molecule has 1 aromatic carbocycles. The van der Waals surface area contributed by atoms with E-state index >= 15 is 0 Å². The first-order valence-electron chi connectivity index (χ1n) is 6.77. The average molecular weight is 366 g/mol. The highest BCUT2D eigenvalue weighted by Crippen LogP contribution is 2.17. The first-order valence-corrected chi connectivity index (χ1v) is 7.56. The van der Waals surface area contributed by atoms with E-state index in [1.165, 1.54) is 6.26 Å². The van der Waals surface area contributed by atoms with E-state index in [1.54, 1.807) is 6.07 Å². The van der Waals surface area contributed by atoms with Crippen LogP contribution in [0, 0.1) is 12.8 Å². The van der Waals surface area contributed by atoms with Gasteiger partial charge in [-0.2, -0.15) is 0 Å². The molecule has 2 aromatic rings. The van der Waals surface area contributed by atoms with Gasteiger partial charge < -0.3 is 14.8 Å². The van der Waals surface area contributed by atoms with Gasteiger partial charge in [0, 0.05) is 6.54 Å². The molecule has 0 radical (unpaired) electrons. The minimum Gasteiger partial charge on any atom is -0.481 e. The highest BCUT2D eigenvalue weighted by Gasteiger charge is 2.21. The largest absolute Gasteiger partial charge is 0.481 e. The van der Waals surface area contributed by atoms with Gasteiger partial charge in [0.1, 0.15) is 0 Å². The zero-order valence-corrected chi connectivity index (χ0v) is 13.6. The Bertz CT molecular complexity index is 680.